The molecular weight excluding hydrogens is 360 g/mol. The van der Waals surface area contributed by atoms with E-state index in [4.69, 9.17) is 4.98 Å². The summed E-state index contributed by atoms with van der Waals surface area (Å²) in [4.78, 5) is 34.4. The minimum atomic E-state index is -0.125. The van der Waals surface area contributed by atoms with Gasteiger partial charge in [-0.05, 0) is 25.3 Å². The molecule has 2 N–H and O–H groups in total. The number of rotatable bonds is 3. The standard InChI is InChI=1S/C20H22N4O2S/c1-12-5-7-13(8-6-12)15-11-27-17-16(15)22-20(23-19(17)26)24-9-3-4-14(10-24)18(25)21-2/h5-8,11,14H,3-4,9-10H2,1-2H3,(H,21,25)(H,22,23,26). The van der Waals surface area contributed by atoms with Crippen molar-refractivity contribution in [1.29, 1.82) is 0 Å². The first kappa shape index (κ1) is 17.7. The fraction of sp³-hybridized carbons (Fsp3) is 0.350. The highest BCUT2D eigenvalue weighted by molar-refractivity contribution is 7.17. The third kappa shape index (κ3) is 3.35. The van der Waals surface area contributed by atoms with Crippen LogP contribution in [0.15, 0.2) is 34.4 Å². The van der Waals surface area contributed by atoms with Crippen LogP contribution in [0.2, 0.25) is 0 Å². The van der Waals surface area contributed by atoms with Crippen molar-refractivity contribution < 1.29 is 4.79 Å². The van der Waals surface area contributed by atoms with E-state index in [1.165, 1.54) is 16.9 Å². The molecule has 0 radical (unpaired) electrons. The molecule has 3 heterocycles. The first-order valence-electron chi connectivity index (χ1n) is 9.12. The summed E-state index contributed by atoms with van der Waals surface area (Å²) in [6.07, 6.45) is 1.75. The third-order valence-electron chi connectivity index (χ3n) is 5.11. The van der Waals surface area contributed by atoms with Crippen LogP contribution in [0.5, 0.6) is 0 Å². The lowest BCUT2D eigenvalue weighted by molar-refractivity contribution is -0.124. The van der Waals surface area contributed by atoms with Gasteiger partial charge in [0.25, 0.3) is 5.56 Å². The van der Waals surface area contributed by atoms with Crippen LogP contribution in [0.4, 0.5) is 5.95 Å². The molecular formula is C20H22N4O2S. The zero-order chi connectivity index (χ0) is 19.0. The Morgan fingerprint density at radius 3 is 2.85 bits per heavy atom. The monoisotopic (exact) mass is 382 g/mol. The molecule has 1 atom stereocenters. The fourth-order valence-corrected chi connectivity index (χ4v) is 4.50. The van der Waals surface area contributed by atoms with Crippen molar-refractivity contribution in [3.05, 3.63) is 45.6 Å². The third-order valence-corrected chi connectivity index (χ3v) is 6.08. The van der Waals surface area contributed by atoms with Crippen LogP contribution < -0.4 is 15.8 Å². The van der Waals surface area contributed by atoms with Gasteiger partial charge in [-0.3, -0.25) is 14.6 Å². The molecule has 1 aromatic carbocycles. The Hall–Kier alpha value is -2.67. The molecule has 0 spiro atoms. The van der Waals surface area contributed by atoms with Crippen LogP contribution in [0, 0.1) is 12.8 Å². The molecule has 1 fully saturated rings. The Labute approximate surface area is 161 Å². The summed E-state index contributed by atoms with van der Waals surface area (Å²) in [5, 5.41) is 4.71. The minimum Gasteiger partial charge on any atom is -0.359 e. The summed E-state index contributed by atoms with van der Waals surface area (Å²) >= 11 is 1.42. The number of benzene rings is 1. The minimum absolute atomic E-state index is 0.0407. The van der Waals surface area contributed by atoms with E-state index in [0.717, 1.165) is 36.0 Å². The van der Waals surface area contributed by atoms with E-state index in [1.807, 2.05) is 10.3 Å². The zero-order valence-corrected chi connectivity index (χ0v) is 16.2. The molecule has 4 rings (SSSR count). The number of aromatic nitrogens is 2. The molecule has 140 valence electrons. The van der Waals surface area contributed by atoms with Crippen molar-refractivity contribution in [2.75, 3.05) is 25.0 Å². The van der Waals surface area contributed by atoms with Gasteiger partial charge in [-0.15, -0.1) is 11.3 Å². The highest BCUT2D eigenvalue weighted by Gasteiger charge is 2.27. The first-order valence-corrected chi connectivity index (χ1v) is 10.00. The molecule has 27 heavy (non-hydrogen) atoms. The number of aryl methyl sites for hydroxylation is 1. The number of thiophene rings is 1. The molecule has 6 nitrogen and oxygen atoms in total. The Kier molecular flexibility index (Phi) is 4.70. The number of H-pyrrole nitrogens is 1. The average molecular weight is 382 g/mol. The number of carbonyl (C=O) groups is 1. The Bertz CT molecular complexity index is 1040. The van der Waals surface area contributed by atoms with Gasteiger partial charge in [0, 0.05) is 31.1 Å². The van der Waals surface area contributed by atoms with Crippen molar-refractivity contribution >= 4 is 33.4 Å². The second-order valence-corrected chi connectivity index (χ2v) is 7.86. The molecule has 1 aliphatic heterocycles. The van der Waals surface area contributed by atoms with E-state index < -0.39 is 0 Å². The Morgan fingerprint density at radius 1 is 1.33 bits per heavy atom. The molecule has 0 saturated carbocycles. The van der Waals surface area contributed by atoms with Gasteiger partial charge in [0.05, 0.1) is 11.4 Å². The summed E-state index contributed by atoms with van der Waals surface area (Å²) in [5.74, 6) is 0.510. The lowest BCUT2D eigenvalue weighted by Gasteiger charge is -2.32. The van der Waals surface area contributed by atoms with E-state index >= 15 is 0 Å². The summed E-state index contributed by atoms with van der Waals surface area (Å²) in [5.41, 5.74) is 3.82. The van der Waals surface area contributed by atoms with Crippen LogP contribution in [-0.2, 0) is 4.79 Å². The van der Waals surface area contributed by atoms with Gasteiger partial charge in [0.15, 0.2) is 0 Å². The fourth-order valence-electron chi connectivity index (χ4n) is 3.59. The van der Waals surface area contributed by atoms with Crippen LogP contribution in [0.1, 0.15) is 18.4 Å². The van der Waals surface area contributed by atoms with Gasteiger partial charge < -0.3 is 10.2 Å². The van der Waals surface area contributed by atoms with Crippen LogP contribution in [0.3, 0.4) is 0 Å². The van der Waals surface area contributed by atoms with E-state index in [-0.39, 0.29) is 17.4 Å². The lowest BCUT2D eigenvalue weighted by Crippen LogP contribution is -2.43. The lowest BCUT2D eigenvalue weighted by atomic mass is 9.97. The van der Waals surface area contributed by atoms with Crippen LogP contribution in [0.25, 0.3) is 21.3 Å². The number of nitrogens with one attached hydrogen (secondary N) is 2. The first-order chi connectivity index (χ1) is 13.1. The molecule has 1 unspecified atom stereocenters. The van der Waals surface area contributed by atoms with E-state index in [9.17, 15) is 9.59 Å². The highest BCUT2D eigenvalue weighted by atomic mass is 32.1. The number of anilines is 1. The molecule has 2 aromatic heterocycles. The number of piperidine rings is 1. The second-order valence-electron chi connectivity index (χ2n) is 6.98. The van der Waals surface area contributed by atoms with Crippen LogP contribution in [-0.4, -0.2) is 36.0 Å². The summed E-state index contributed by atoms with van der Waals surface area (Å²) < 4.78 is 0.634. The summed E-state index contributed by atoms with van der Waals surface area (Å²) in [6, 6.07) is 8.24. The predicted octanol–water partition coefficient (Wildman–Crippen LogP) is 2.92. The normalized spacial score (nSPS) is 17.3. The molecule has 0 bridgehead atoms. The van der Waals surface area contributed by atoms with Crippen molar-refractivity contribution in [2.45, 2.75) is 19.8 Å². The molecule has 7 heteroatoms. The van der Waals surface area contributed by atoms with Crippen molar-refractivity contribution in [2.24, 2.45) is 5.92 Å². The zero-order valence-electron chi connectivity index (χ0n) is 15.4. The Balaban J connectivity index is 1.74. The van der Waals surface area contributed by atoms with Crippen molar-refractivity contribution in [3.63, 3.8) is 0 Å². The number of amides is 1. The smallest absolute Gasteiger partial charge is 0.270 e. The SMILES string of the molecule is CNC(=O)C1CCCN(c2nc3c(-c4ccc(C)cc4)csc3c(=O)[nH]2)C1. The van der Waals surface area contributed by atoms with Gasteiger partial charge >= 0.3 is 0 Å². The average Bonchev–Trinajstić information content (AvgIpc) is 3.12. The number of hydrogen-bond acceptors (Lipinski definition) is 5. The molecule has 1 aliphatic rings. The molecule has 1 saturated heterocycles. The van der Waals surface area contributed by atoms with Crippen molar-refractivity contribution in [1.82, 2.24) is 15.3 Å². The summed E-state index contributed by atoms with van der Waals surface area (Å²) in [7, 11) is 1.66. The van der Waals surface area contributed by atoms with Gasteiger partial charge in [-0.25, -0.2) is 4.98 Å². The van der Waals surface area contributed by atoms with E-state index in [0.29, 0.717) is 17.2 Å². The highest BCUT2D eigenvalue weighted by Crippen LogP contribution is 2.32. The van der Waals surface area contributed by atoms with E-state index in [2.05, 4.69) is 41.5 Å². The second kappa shape index (κ2) is 7.15. The maximum Gasteiger partial charge on any atom is 0.270 e. The maximum atomic E-state index is 12.6. The van der Waals surface area contributed by atoms with Gasteiger partial charge in [-0.1, -0.05) is 29.8 Å². The number of aromatic amines is 1. The number of carbonyl (C=O) groups excluding carboxylic acids is 1. The number of fused-ring (bicyclic) bond motifs is 1. The van der Waals surface area contributed by atoms with Crippen molar-refractivity contribution in [3.8, 4) is 11.1 Å². The van der Waals surface area contributed by atoms with Gasteiger partial charge in [-0.2, -0.15) is 0 Å². The Morgan fingerprint density at radius 2 is 2.11 bits per heavy atom. The van der Waals surface area contributed by atoms with E-state index in [1.54, 1.807) is 7.05 Å². The summed E-state index contributed by atoms with van der Waals surface area (Å²) in [6.45, 7) is 3.40. The predicted molar refractivity (Wildman–Crippen MR) is 109 cm³/mol. The molecule has 3 aromatic rings. The largest absolute Gasteiger partial charge is 0.359 e. The maximum absolute atomic E-state index is 12.6. The number of hydrogen-bond donors (Lipinski definition) is 2. The van der Waals surface area contributed by atoms with Crippen LogP contribution >= 0.6 is 11.3 Å². The topological polar surface area (TPSA) is 78.1 Å². The molecule has 1 amide bonds. The molecule has 0 aliphatic carbocycles. The van der Waals surface area contributed by atoms with Gasteiger partial charge in [0.1, 0.15) is 4.70 Å². The quantitative estimate of drug-likeness (QED) is 0.730. The number of nitrogens with zero attached hydrogens (tertiary/aromatic N) is 2. The van der Waals surface area contributed by atoms with Gasteiger partial charge in [0.2, 0.25) is 11.9 Å².